The fourth-order valence-corrected chi connectivity index (χ4v) is 3.99. The predicted octanol–water partition coefficient (Wildman–Crippen LogP) is 4.11. The van der Waals surface area contributed by atoms with Crippen molar-refractivity contribution in [1.29, 1.82) is 5.26 Å². The van der Waals surface area contributed by atoms with Crippen molar-refractivity contribution in [2.24, 2.45) is 0 Å². The Balaban J connectivity index is 1.58. The molecule has 32 heavy (non-hydrogen) atoms. The minimum Gasteiger partial charge on any atom is -0.490 e. The van der Waals surface area contributed by atoms with Gasteiger partial charge in [-0.2, -0.15) is 10.2 Å². The summed E-state index contributed by atoms with van der Waals surface area (Å²) in [7, 11) is 0. The minimum atomic E-state index is -0.813. The van der Waals surface area contributed by atoms with Crippen LogP contribution >= 0.6 is 0 Å². The number of hydrogen-bond acceptors (Lipinski definition) is 7. The Kier molecular flexibility index (Phi) is 6.19. The van der Waals surface area contributed by atoms with Crippen LogP contribution in [-0.2, 0) is 11.2 Å². The second-order valence-electron chi connectivity index (χ2n) is 7.97. The Morgan fingerprint density at radius 3 is 2.97 bits per heavy atom. The molecule has 4 rings (SSSR count). The first-order valence-corrected chi connectivity index (χ1v) is 10.6. The van der Waals surface area contributed by atoms with Gasteiger partial charge in [-0.05, 0) is 56.0 Å². The Labute approximate surface area is 185 Å². The molecule has 0 aliphatic heterocycles. The molecule has 8 nitrogen and oxygen atoms in total. The molecular formula is C24H24N4O4. The predicted molar refractivity (Wildman–Crippen MR) is 117 cm³/mol. The van der Waals surface area contributed by atoms with E-state index in [-0.39, 0.29) is 18.6 Å². The highest BCUT2D eigenvalue weighted by Gasteiger charge is 2.26. The Morgan fingerprint density at radius 1 is 1.38 bits per heavy atom. The third-order valence-corrected chi connectivity index (χ3v) is 5.38. The van der Waals surface area contributed by atoms with Crippen LogP contribution in [0.15, 0.2) is 40.9 Å². The molecule has 0 saturated carbocycles. The molecule has 164 valence electrons. The number of nitrogens with one attached hydrogen (secondary N) is 1. The number of aromatic nitrogens is 2. The summed E-state index contributed by atoms with van der Waals surface area (Å²) in [5.41, 5.74) is 4.25. The van der Waals surface area contributed by atoms with Crippen molar-refractivity contribution in [1.82, 2.24) is 15.5 Å². The van der Waals surface area contributed by atoms with E-state index in [0.717, 1.165) is 29.5 Å². The van der Waals surface area contributed by atoms with Gasteiger partial charge < -0.3 is 19.7 Å². The van der Waals surface area contributed by atoms with E-state index in [1.807, 2.05) is 26.0 Å². The molecule has 0 bridgehead atoms. The number of hydrogen-bond donors (Lipinski definition) is 2. The average molecular weight is 432 g/mol. The number of benzene rings is 2. The van der Waals surface area contributed by atoms with E-state index in [1.54, 1.807) is 18.2 Å². The summed E-state index contributed by atoms with van der Waals surface area (Å²) < 4.78 is 11.2. The number of rotatable bonds is 8. The van der Waals surface area contributed by atoms with E-state index in [4.69, 9.17) is 14.4 Å². The fourth-order valence-electron chi connectivity index (χ4n) is 3.99. The van der Waals surface area contributed by atoms with Crippen LogP contribution in [0.5, 0.6) is 5.75 Å². The van der Waals surface area contributed by atoms with Crippen LogP contribution in [0.1, 0.15) is 49.4 Å². The van der Waals surface area contributed by atoms with Gasteiger partial charge in [0, 0.05) is 23.7 Å². The normalized spacial score (nSPS) is 14.9. The summed E-state index contributed by atoms with van der Waals surface area (Å²) in [5, 5.41) is 25.8. The summed E-state index contributed by atoms with van der Waals surface area (Å²) in [5.74, 6) is 0.531. The van der Waals surface area contributed by atoms with Gasteiger partial charge in [-0.1, -0.05) is 23.4 Å². The molecule has 8 heteroatoms. The highest BCUT2D eigenvalue weighted by atomic mass is 16.5. The van der Waals surface area contributed by atoms with Crippen molar-refractivity contribution >= 4 is 5.97 Å². The van der Waals surface area contributed by atoms with Crippen LogP contribution in [0, 0.1) is 11.3 Å². The minimum absolute atomic E-state index is 0.0365. The number of fused-ring (bicyclic) bond motifs is 1. The van der Waals surface area contributed by atoms with Gasteiger partial charge in [0.25, 0.3) is 5.89 Å². The lowest BCUT2D eigenvalue weighted by molar-refractivity contribution is -0.136. The third-order valence-electron chi connectivity index (χ3n) is 5.38. The molecule has 1 heterocycles. The summed E-state index contributed by atoms with van der Waals surface area (Å²) in [6, 6.07) is 13.5. The fraction of sp³-hybridized carbons (Fsp3) is 0.333. The molecule has 0 saturated heterocycles. The van der Waals surface area contributed by atoms with Crippen LogP contribution in [0.3, 0.4) is 0 Å². The zero-order chi connectivity index (χ0) is 22.7. The second-order valence-corrected chi connectivity index (χ2v) is 7.97. The zero-order valence-electron chi connectivity index (χ0n) is 18.0. The van der Waals surface area contributed by atoms with Crippen molar-refractivity contribution in [2.75, 3.05) is 6.54 Å². The average Bonchev–Trinajstić information content (AvgIpc) is 3.41. The molecule has 1 aromatic heterocycles. The quantitative estimate of drug-likeness (QED) is 0.545. The summed E-state index contributed by atoms with van der Waals surface area (Å²) in [4.78, 5) is 15.4. The molecule has 3 aromatic rings. The van der Waals surface area contributed by atoms with E-state index >= 15 is 0 Å². The lowest BCUT2D eigenvalue weighted by atomic mass is 10.0. The number of nitrogens with zero attached hydrogens (tertiary/aromatic N) is 3. The van der Waals surface area contributed by atoms with Gasteiger partial charge in [0.05, 0.1) is 18.1 Å². The maximum atomic E-state index is 10.8. The van der Waals surface area contributed by atoms with E-state index in [9.17, 15) is 10.1 Å². The summed E-state index contributed by atoms with van der Waals surface area (Å²) >= 11 is 0. The zero-order valence-corrected chi connectivity index (χ0v) is 18.0. The Bertz CT molecular complexity index is 1180. The molecule has 1 atom stereocenters. The van der Waals surface area contributed by atoms with Gasteiger partial charge in [-0.15, -0.1) is 0 Å². The Morgan fingerprint density at radius 2 is 2.22 bits per heavy atom. The number of carbonyl (C=O) groups is 1. The van der Waals surface area contributed by atoms with Crippen LogP contribution in [0.4, 0.5) is 0 Å². The van der Waals surface area contributed by atoms with Gasteiger partial charge in [0.1, 0.15) is 11.8 Å². The molecule has 0 fully saturated rings. The van der Waals surface area contributed by atoms with E-state index < -0.39 is 5.97 Å². The van der Waals surface area contributed by atoms with Crippen LogP contribution < -0.4 is 10.1 Å². The monoisotopic (exact) mass is 432 g/mol. The van der Waals surface area contributed by atoms with Gasteiger partial charge in [0.2, 0.25) is 5.82 Å². The molecule has 2 N–H and O–H groups in total. The largest absolute Gasteiger partial charge is 0.490 e. The van der Waals surface area contributed by atoms with E-state index in [1.165, 1.54) is 0 Å². The second kappa shape index (κ2) is 9.20. The first kappa shape index (κ1) is 21.5. The van der Waals surface area contributed by atoms with Crippen molar-refractivity contribution in [2.45, 2.75) is 45.3 Å². The van der Waals surface area contributed by atoms with Gasteiger partial charge in [0.15, 0.2) is 0 Å². The molecule has 0 radical (unpaired) electrons. The van der Waals surface area contributed by atoms with Crippen LogP contribution in [0.2, 0.25) is 0 Å². The number of ether oxygens (including phenoxy) is 1. The number of carboxylic acids is 1. The lowest BCUT2D eigenvalue weighted by Crippen LogP contribution is -2.22. The van der Waals surface area contributed by atoms with Crippen LogP contribution in [-0.4, -0.2) is 33.9 Å². The van der Waals surface area contributed by atoms with Crippen LogP contribution in [0.25, 0.3) is 22.8 Å². The maximum absolute atomic E-state index is 10.8. The molecule has 2 aromatic carbocycles. The lowest BCUT2D eigenvalue weighted by Gasteiger charge is -2.13. The molecule has 1 unspecified atom stereocenters. The molecule has 1 aliphatic carbocycles. The van der Waals surface area contributed by atoms with Crippen molar-refractivity contribution < 1.29 is 19.2 Å². The number of nitriles is 1. The SMILES string of the molecule is CC(C)Oc1ccc(-c2nc(-c3cccc4c3CCC4NCCC(=O)O)no2)cc1C#N. The third kappa shape index (κ3) is 4.48. The summed E-state index contributed by atoms with van der Waals surface area (Å²) in [6.07, 6.45) is 1.79. The van der Waals surface area contributed by atoms with E-state index in [0.29, 0.717) is 35.1 Å². The highest BCUT2D eigenvalue weighted by molar-refractivity contribution is 5.68. The number of carboxylic acid groups (broad SMARTS) is 1. The van der Waals surface area contributed by atoms with Gasteiger partial charge in [-0.3, -0.25) is 4.79 Å². The molecular weight excluding hydrogens is 408 g/mol. The highest BCUT2D eigenvalue weighted by Crippen LogP contribution is 2.37. The van der Waals surface area contributed by atoms with Crippen molar-refractivity contribution in [3.8, 4) is 34.7 Å². The first-order chi connectivity index (χ1) is 15.5. The van der Waals surface area contributed by atoms with Gasteiger partial charge in [-0.25, -0.2) is 0 Å². The smallest absolute Gasteiger partial charge is 0.304 e. The molecule has 0 spiro atoms. The maximum Gasteiger partial charge on any atom is 0.304 e. The van der Waals surface area contributed by atoms with Crippen molar-refractivity contribution in [3.63, 3.8) is 0 Å². The molecule has 0 amide bonds. The standard InChI is InChI=1S/C24H24N4O4/c1-14(2)31-21-9-6-15(12-16(21)13-25)24-27-23(28-32-24)19-5-3-4-18-17(19)7-8-20(18)26-11-10-22(29)30/h3-6,9,12,14,20,26H,7-8,10-11H2,1-2H3,(H,29,30). The first-order valence-electron chi connectivity index (χ1n) is 10.6. The van der Waals surface area contributed by atoms with E-state index in [2.05, 4.69) is 27.6 Å². The topological polar surface area (TPSA) is 121 Å². The van der Waals surface area contributed by atoms with Crippen molar-refractivity contribution in [3.05, 3.63) is 53.1 Å². The summed E-state index contributed by atoms with van der Waals surface area (Å²) in [6.45, 7) is 4.24. The Hall–Kier alpha value is -3.70. The van der Waals surface area contributed by atoms with Gasteiger partial charge >= 0.3 is 5.97 Å². The molecule has 1 aliphatic rings. The number of aliphatic carboxylic acids is 1.